The molecule has 198 valence electrons. The molecular weight excluding hydrogens is 514 g/mol. The molecule has 3 heterocycles. The molecule has 0 bridgehead atoms. The maximum Gasteiger partial charge on any atom is 0.294 e. The molecule has 1 N–H and O–H groups in total. The van der Waals surface area contributed by atoms with Crippen molar-refractivity contribution in [3.63, 3.8) is 0 Å². The van der Waals surface area contributed by atoms with Crippen molar-refractivity contribution in [3.05, 3.63) is 52.9 Å². The zero-order valence-corrected chi connectivity index (χ0v) is 21.2. The Bertz CT molecular complexity index is 1270. The summed E-state index contributed by atoms with van der Waals surface area (Å²) < 4.78 is 21.8. The molecular formula is C26H25N3O8S. The highest BCUT2D eigenvalue weighted by Gasteiger charge is 2.36. The fraction of sp³-hybridized carbons (Fsp3) is 0.308. The van der Waals surface area contributed by atoms with Crippen molar-refractivity contribution >= 4 is 46.5 Å². The Kier molecular flexibility index (Phi) is 7.80. The highest BCUT2D eigenvalue weighted by Crippen LogP contribution is 2.34. The third-order valence-corrected chi connectivity index (χ3v) is 6.81. The molecule has 0 unspecified atom stereocenters. The zero-order chi connectivity index (χ0) is 26.5. The number of imide groups is 1. The normalized spacial score (nSPS) is 18.1. The van der Waals surface area contributed by atoms with Gasteiger partial charge in [-0.05, 0) is 47.7 Å². The first kappa shape index (κ1) is 25.6. The number of carbonyl (C=O) groups is 4. The quantitative estimate of drug-likeness (QED) is 0.528. The van der Waals surface area contributed by atoms with Crippen molar-refractivity contribution in [2.24, 2.45) is 0 Å². The van der Waals surface area contributed by atoms with Crippen LogP contribution in [0.2, 0.25) is 0 Å². The molecule has 2 saturated heterocycles. The van der Waals surface area contributed by atoms with Gasteiger partial charge in [0.15, 0.2) is 18.1 Å². The Morgan fingerprint density at radius 2 is 1.71 bits per heavy atom. The van der Waals surface area contributed by atoms with Crippen LogP contribution in [-0.2, 0) is 19.1 Å². The summed E-state index contributed by atoms with van der Waals surface area (Å²) in [5.41, 5.74) is 1.14. The molecule has 0 spiro atoms. The van der Waals surface area contributed by atoms with Gasteiger partial charge in [0.2, 0.25) is 5.91 Å². The SMILES string of the molecule is O=C(CN1C(=O)S/C(=C/c2ccc(OCC(=O)N3CCOCC3)cc2)C1=O)Nc1ccc2c(c1)OCCO2. The number of rotatable bonds is 7. The predicted octanol–water partition coefficient (Wildman–Crippen LogP) is 2.37. The highest BCUT2D eigenvalue weighted by atomic mass is 32.2. The second-order valence-corrected chi connectivity index (χ2v) is 9.52. The van der Waals surface area contributed by atoms with Crippen LogP contribution in [0.25, 0.3) is 6.08 Å². The number of carbonyl (C=O) groups excluding carboxylic acids is 4. The molecule has 0 aromatic heterocycles. The molecule has 0 saturated carbocycles. The van der Waals surface area contributed by atoms with E-state index in [1.807, 2.05) is 0 Å². The molecule has 0 aliphatic carbocycles. The third-order valence-electron chi connectivity index (χ3n) is 5.91. The number of ether oxygens (including phenoxy) is 4. The number of nitrogens with zero attached hydrogens (tertiary/aromatic N) is 2. The summed E-state index contributed by atoms with van der Waals surface area (Å²) in [5.74, 6) is 0.443. The van der Waals surface area contributed by atoms with Gasteiger partial charge in [-0.25, -0.2) is 0 Å². The largest absolute Gasteiger partial charge is 0.486 e. The number of hydrogen-bond acceptors (Lipinski definition) is 9. The monoisotopic (exact) mass is 539 g/mol. The molecule has 11 nitrogen and oxygen atoms in total. The number of thioether (sulfide) groups is 1. The number of hydrogen-bond donors (Lipinski definition) is 1. The van der Waals surface area contributed by atoms with E-state index in [1.54, 1.807) is 53.4 Å². The Hall–Kier alpha value is -4.03. The van der Waals surface area contributed by atoms with Crippen LogP contribution in [0.5, 0.6) is 17.2 Å². The Morgan fingerprint density at radius 3 is 2.47 bits per heavy atom. The lowest BCUT2D eigenvalue weighted by Crippen LogP contribution is -2.42. The van der Waals surface area contributed by atoms with Gasteiger partial charge in [0.25, 0.3) is 17.1 Å². The van der Waals surface area contributed by atoms with E-state index in [-0.39, 0.29) is 17.4 Å². The van der Waals surface area contributed by atoms with Crippen molar-refractivity contribution in [1.29, 1.82) is 0 Å². The van der Waals surface area contributed by atoms with Crippen molar-refractivity contribution in [3.8, 4) is 17.2 Å². The summed E-state index contributed by atoms with van der Waals surface area (Å²) in [7, 11) is 0. The fourth-order valence-electron chi connectivity index (χ4n) is 3.96. The van der Waals surface area contributed by atoms with Gasteiger partial charge in [-0.2, -0.15) is 0 Å². The smallest absolute Gasteiger partial charge is 0.294 e. The minimum atomic E-state index is -0.547. The molecule has 5 rings (SSSR count). The molecule has 2 aromatic rings. The first-order valence-electron chi connectivity index (χ1n) is 12.0. The summed E-state index contributed by atoms with van der Waals surface area (Å²) in [5, 5.41) is 2.15. The minimum Gasteiger partial charge on any atom is -0.486 e. The van der Waals surface area contributed by atoms with Crippen molar-refractivity contribution in [1.82, 2.24) is 9.80 Å². The van der Waals surface area contributed by atoms with Gasteiger partial charge >= 0.3 is 0 Å². The van der Waals surface area contributed by atoms with E-state index in [9.17, 15) is 19.2 Å². The number of fused-ring (bicyclic) bond motifs is 1. The number of anilines is 1. The Balaban J connectivity index is 1.15. The highest BCUT2D eigenvalue weighted by molar-refractivity contribution is 8.18. The summed E-state index contributed by atoms with van der Waals surface area (Å²) in [6.45, 7) is 2.53. The molecule has 2 fully saturated rings. The van der Waals surface area contributed by atoms with E-state index in [0.717, 1.165) is 16.7 Å². The lowest BCUT2D eigenvalue weighted by Gasteiger charge is -2.26. The fourth-order valence-corrected chi connectivity index (χ4v) is 4.80. The molecule has 2 aromatic carbocycles. The molecule has 12 heteroatoms. The van der Waals surface area contributed by atoms with E-state index < -0.39 is 23.6 Å². The summed E-state index contributed by atoms with van der Waals surface area (Å²) in [6, 6.07) is 11.8. The standard InChI is InChI=1S/C26H25N3O8S/c30-23(27-18-3-6-20-21(14-18)36-12-11-35-20)15-29-25(32)22(38-26(29)33)13-17-1-4-19(5-2-17)37-16-24(31)28-7-9-34-10-8-28/h1-6,13-14H,7-12,15-16H2,(H,27,30)/b22-13+. The predicted molar refractivity (Wildman–Crippen MR) is 138 cm³/mol. The van der Waals surface area contributed by atoms with Crippen LogP contribution < -0.4 is 19.5 Å². The van der Waals surface area contributed by atoms with Crippen LogP contribution in [0, 0.1) is 0 Å². The summed E-state index contributed by atoms with van der Waals surface area (Å²) >= 11 is 0.768. The van der Waals surface area contributed by atoms with Gasteiger partial charge in [0.05, 0.1) is 18.1 Å². The number of nitrogens with one attached hydrogen (secondary N) is 1. The van der Waals surface area contributed by atoms with Gasteiger partial charge in [-0.15, -0.1) is 0 Å². The average Bonchev–Trinajstić information content (AvgIpc) is 3.20. The maximum atomic E-state index is 12.8. The van der Waals surface area contributed by atoms with Gasteiger partial charge in [0.1, 0.15) is 25.5 Å². The second-order valence-electron chi connectivity index (χ2n) is 8.53. The summed E-state index contributed by atoms with van der Waals surface area (Å²) in [6.07, 6.45) is 1.58. The molecule has 0 radical (unpaired) electrons. The van der Waals surface area contributed by atoms with E-state index in [0.29, 0.717) is 68.0 Å². The number of benzene rings is 2. The first-order valence-corrected chi connectivity index (χ1v) is 12.8. The van der Waals surface area contributed by atoms with E-state index in [4.69, 9.17) is 18.9 Å². The number of morpholine rings is 1. The van der Waals surface area contributed by atoms with Crippen LogP contribution >= 0.6 is 11.8 Å². The molecule has 3 aliphatic heterocycles. The zero-order valence-electron chi connectivity index (χ0n) is 20.3. The molecule has 38 heavy (non-hydrogen) atoms. The van der Waals surface area contributed by atoms with E-state index in [1.165, 1.54) is 0 Å². The summed E-state index contributed by atoms with van der Waals surface area (Å²) in [4.78, 5) is 52.8. The average molecular weight is 540 g/mol. The second kappa shape index (κ2) is 11.6. The van der Waals surface area contributed by atoms with Crippen molar-refractivity contribution in [2.45, 2.75) is 0 Å². The Labute approximate surface area is 222 Å². The van der Waals surface area contributed by atoms with Crippen LogP contribution in [0.3, 0.4) is 0 Å². The first-order chi connectivity index (χ1) is 18.5. The Morgan fingerprint density at radius 1 is 0.974 bits per heavy atom. The van der Waals surface area contributed by atoms with Crippen LogP contribution in [-0.4, -0.2) is 85.4 Å². The van der Waals surface area contributed by atoms with Crippen molar-refractivity contribution in [2.75, 3.05) is 58.0 Å². The van der Waals surface area contributed by atoms with Gasteiger partial charge < -0.3 is 29.2 Å². The van der Waals surface area contributed by atoms with E-state index in [2.05, 4.69) is 5.32 Å². The van der Waals surface area contributed by atoms with Crippen LogP contribution in [0.15, 0.2) is 47.4 Å². The lowest BCUT2D eigenvalue weighted by molar-refractivity contribution is -0.137. The van der Waals surface area contributed by atoms with E-state index >= 15 is 0 Å². The molecule has 0 atom stereocenters. The maximum absolute atomic E-state index is 12.8. The van der Waals surface area contributed by atoms with Gasteiger partial charge in [0, 0.05) is 24.8 Å². The topological polar surface area (TPSA) is 124 Å². The number of amides is 4. The lowest BCUT2D eigenvalue weighted by atomic mass is 10.2. The van der Waals surface area contributed by atoms with Crippen molar-refractivity contribution < 1.29 is 38.1 Å². The van der Waals surface area contributed by atoms with Crippen LogP contribution in [0.1, 0.15) is 5.56 Å². The minimum absolute atomic E-state index is 0.0768. The van der Waals surface area contributed by atoms with Gasteiger partial charge in [-0.3, -0.25) is 24.1 Å². The molecule has 3 aliphatic rings. The van der Waals surface area contributed by atoms with Gasteiger partial charge in [-0.1, -0.05) is 12.1 Å². The molecule has 4 amide bonds. The third kappa shape index (κ3) is 6.09. The van der Waals surface area contributed by atoms with Crippen LogP contribution in [0.4, 0.5) is 10.5 Å².